The van der Waals surface area contributed by atoms with Crippen LogP contribution in [0.2, 0.25) is 0 Å². The first kappa shape index (κ1) is 7.61. The van der Waals surface area contributed by atoms with Crippen LogP contribution in [-0.2, 0) is 4.79 Å². The number of rotatable bonds is 0. The van der Waals surface area contributed by atoms with Gasteiger partial charge in [-0.2, -0.15) is 0 Å². The Bertz CT molecular complexity index is 317. The minimum Gasteiger partial charge on any atom is -0.324 e. The summed E-state index contributed by atoms with van der Waals surface area (Å²) in [6.45, 7) is 0. The number of carbonyl (C=O) groups is 1. The van der Waals surface area contributed by atoms with Crippen molar-refractivity contribution in [3.05, 3.63) is 35.8 Å². The van der Waals surface area contributed by atoms with Gasteiger partial charge in [0, 0.05) is 12.6 Å². The number of nitrogens with one attached hydrogen (secondary N) is 1. The number of halogens is 1. The fourth-order valence-corrected chi connectivity index (χ4v) is 1.66. The van der Waals surface area contributed by atoms with E-state index in [9.17, 15) is 4.79 Å². The molecule has 0 spiro atoms. The van der Waals surface area contributed by atoms with Gasteiger partial charge in [0.25, 0.3) is 0 Å². The number of carbonyl (C=O) groups excluding carboxylic acids is 1. The maximum absolute atomic E-state index is 11.0. The van der Waals surface area contributed by atoms with E-state index in [1.807, 2.05) is 28.4 Å². The number of nitrogens with zero attached hydrogens (tertiary/aromatic N) is 1. The Labute approximate surface area is 78.8 Å². The van der Waals surface area contributed by atoms with E-state index in [-0.39, 0.29) is 5.91 Å². The van der Waals surface area contributed by atoms with E-state index in [4.69, 9.17) is 0 Å². The predicted molar refractivity (Wildman–Crippen MR) is 48.8 cm³/mol. The van der Waals surface area contributed by atoms with Crippen molar-refractivity contribution in [2.45, 2.75) is 6.42 Å². The predicted octanol–water partition coefficient (Wildman–Crippen LogP) is 1.41. The number of amides is 1. The summed E-state index contributed by atoms with van der Waals surface area (Å²) in [4.78, 5) is 11.0. The van der Waals surface area contributed by atoms with Gasteiger partial charge in [-0.1, -0.05) is 0 Å². The van der Waals surface area contributed by atoms with Gasteiger partial charge in [0.1, 0.15) is 0 Å². The smallest absolute Gasteiger partial charge is 0.228 e. The molecule has 0 saturated heterocycles. The molecule has 1 amide bonds. The van der Waals surface area contributed by atoms with Gasteiger partial charge in [-0.15, -0.1) is 0 Å². The van der Waals surface area contributed by atoms with Gasteiger partial charge in [0.2, 0.25) is 5.91 Å². The van der Waals surface area contributed by atoms with Crippen LogP contribution >= 0.6 is 16.1 Å². The van der Waals surface area contributed by atoms with E-state index in [1.165, 1.54) is 0 Å². The Morgan fingerprint density at radius 1 is 1.58 bits per heavy atom. The van der Waals surface area contributed by atoms with Crippen LogP contribution in [0, 0.1) is 0 Å². The summed E-state index contributed by atoms with van der Waals surface area (Å²) in [6.07, 6.45) is 7.96. The van der Waals surface area contributed by atoms with Crippen LogP contribution in [0.3, 0.4) is 0 Å². The lowest BCUT2D eigenvalue weighted by atomic mass is 10.1. The fourth-order valence-electron chi connectivity index (χ4n) is 1.19. The molecule has 2 heterocycles. The number of allylic oxidation sites excluding steroid dienone is 2. The van der Waals surface area contributed by atoms with Crippen LogP contribution in [0.1, 0.15) is 6.42 Å². The molecule has 1 N–H and O–H groups in total. The van der Waals surface area contributed by atoms with E-state index in [2.05, 4.69) is 21.5 Å². The highest BCUT2D eigenvalue weighted by Gasteiger charge is 2.19. The topological polar surface area (TPSA) is 32.3 Å². The lowest BCUT2D eigenvalue weighted by Crippen LogP contribution is -2.30. The molecular formula is C8H7BrN2O. The van der Waals surface area contributed by atoms with Crippen molar-refractivity contribution in [1.29, 1.82) is 0 Å². The highest BCUT2D eigenvalue weighted by Crippen LogP contribution is 2.24. The Kier molecular flexibility index (Phi) is 1.77. The van der Waals surface area contributed by atoms with Gasteiger partial charge in [-0.25, -0.2) is 0 Å². The van der Waals surface area contributed by atoms with Gasteiger partial charge < -0.3 is 5.32 Å². The van der Waals surface area contributed by atoms with Crippen LogP contribution in [0.25, 0.3) is 0 Å². The lowest BCUT2D eigenvalue weighted by Gasteiger charge is -2.25. The average molecular weight is 227 g/mol. The molecule has 0 aromatic carbocycles. The normalized spacial score (nSPS) is 21.1. The van der Waals surface area contributed by atoms with Crippen molar-refractivity contribution < 1.29 is 4.79 Å². The molecule has 0 bridgehead atoms. The van der Waals surface area contributed by atoms with Crippen LogP contribution in [-0.4, -0.2) is 9.83 Å². The quantitative estimate of drug-likeness (QED) is 0.634. The Balaban J connectivity index is 2.38. The summed E-state index contributed by atoms with van der Waals surface area (Å²) in [6, 6.07) is 0. The van der Waals surface area contributed by atoms with Crippen molar-refractivity contribution in [2.75, 3.05) is 0 Å². The van der Waals surface area contributed by atoms with E-state index < -0.39 is 0 Å². The Morgan fingerprint density at radius 2 is 2.42 bits per heavy atom. The van der Waals surface area contributed by atoms with E-state index in [0.29, 0.717) is 6.42 Å². The van der Waals surface area contributed by atoms with Crippen LogP contribution in [0.5, 0.6) is 0 Å². The third kappa shape index (κ3) is 1.18. The van der Waals surface area contributed by atoms with Crippen LogP contribution in [0.15, 0.2) is 35.8 Å². The van der Waals surface area contributed by atoms with E-state index >= 15 is 0 Å². The molecule has 0 atom stereocenters. The molecule has 0 aromatic rings. The zero-order chi connectivity index (χ0) is 8.55. The average Bonchev–Trinajstić information content (AvgIpc) is 2.04. The standard InChI is InChI=1S/C8H7BrN2O/c9-11-5-1-2-6-7(11)3-4-8(12)10-6/h1-3,5H,4H2,(H,10,12). The number of fused-ring (bicyclic) bond motifs is 1. The molecule has 0 aliphatic carbocycles. The molecule has 0 fully saturated rings. The molecule has 4 heteroatoms. The molecule has 3 nitrogen and oxygen atoms in total. The van der Waals surface area contributed by atoms with E-state index in [0.717, 1.165) is 11.4 Å². The Hall–Kier alpha value is -1.03. The largest absolute Gasteiger partial charge is 0.324 e. The minimum atomic E-state index is 0.0428. The first-order chi connectivity index (χ1) is 5.77. The summed E-state index contributed by atoms with van der Waals surface area (Å²) < 4.78 is 1.81. The van der Waals surface area contributed by atoms with Gasteiger partial charge in [0.05, 0.1) is 27.5 Å². The van der Waals surface area contributed by atoms with Gasteiger partial charge >= 0.3 is 0 Å². The first-order valence-electron chi connectivity index (χ1n) is 3.61. The third-order valence-electron chi connectivity index (χ3n) is 1.74. The molecule has 2 aliphatic rings. The van der Waals surface area contributed by atoms with Crippen LogP contribution in [0.4, 0.5) is 0 Å². The summed E-state index contributed by atoms with van der Waals surface area (Å²) in [7, 11) is 0. The number of hydrogen-bond acceptors (Lipinski definition) is 2. The minimum absolute atomic E-state index is 0.0428. The molecule has 0 aromatic heterocycles. The molecule has 0 radical (unpaired) electrons. The first-order valence-corrected chi connectivity index (χ1v) is 4.32. The van der Waals surface area contributed by atoms with Crippen molar-refractivity contribution in [1.82, 2.24) is 9.24 Å². The summed E-state index contributed by atoms with van der Waals surface area (Å²) in [5.41, 5.74) is 1.85. The molecule has 2 rings (SSSR count). The number of hydrogen-bond donors (Lipinski definition) is 1. The maximum Gasteiger partial charge on any atom is 0.228 e. The molecular weight excluding hydrogens is 220 g/mol. The summed E-state index contributed by atoms with van der Waals surface area (Å²) in [5.74, 6) is 0.0428. The second-order valence-corrected chi connectivity index (χ2v) is 3.34. The molecule has 2 aliphatic heterocycles. The van der Waals surface area contributed by atoms with Crippen molar-refractivity contribution in [3.63, 3.8) is 0 Å². The van der Waals surface area contributed by atoms with Crippen molar-refractivity contribution in [2.24, 2.45) is 0 Å². The second-order valence-electron chi connectivity index (χ2n) is 2.57. The lowest BCUT2D eigenvalue weighted by molar-refractivity contribution is -0.119. The summed E-state index contributed by atoms with van der Waals surface area (Å²) in [5, 5.41) is 2.78. The van der Waals surface area contributed by atoms with Gasteiger partial charge in [-0.3, -0.25) is 8.72 Å². The highest BCUT2D eigenvalue weighted by atomic mass is 79.9. The van der Waals surface area contributed by atoms with Gasteiger partial charge in [-0.05, 0) is 18.2 Å². The van der Waals surface area contributed by atoms with Crippen molar-refractivity contribution >= 4 is 22.1 Å². The molecule has 62 valence electrons. The second kappa shape index (κ2) is 2.79. The van der Waals surface area contributed by atoms with E-state index in [1.54, 1.807) is 0 Å². The van der Waals surface area contributed by atoms with Crippen molar-refractivity contribution in [3.8, 4) is 0 Å². The highest BCUT2D eigenvalue weighted by molar-refractivity contribution is 9.07. The van der Waals surface area contributed by atoms with Crippen LogP contribution < -0.4 is 5.32 Å². The van der Waals surface area contributed by atoms with Gasteiger partial charge in [0.15, 0.2) is 0 Å². The SMILES string of the molecule is O=C1CC=C2C(=CC=CN2Br)N1. The Morgan fingerprint density at radius 3 is 3.25 bits per heavy atom. The molecule has 0 saturated carbocycles. The third-order valence-corrected chi connectivity index (χ3v) is 2.36. The summed E-state index contributed by atoms with van der Waals surface area (Å²) >= 11 is 3.34. The molecule has 12 heavy (non-hydrogen) atoms. The maximum atomic E-state index is 11.0. The zero-order valence-electron chi connectivity index (χ0n) is 6.25. The zero-order valence-corrected chi connectivity index (χ0v) is 7.84. The monoisotopic (exact) mass is 226 g/mol. The fraction of sp³-hybridized carbons (Fsp3) is 0.125. The molecule has 0 unspecified atom stereocenters.